The number of aryl methyl sites for hydroxylation is 1. The van der Waals surface area contributed by atoms with Gasteiger partial charge in [-0.25, -0.2) is 8.42 Å². The van der Waals surface area contributed by atoms with Crippen molar-refractivity contribution in [2.75, 3.05) is 19.8 Å². The Morgan fingerprint density at radius 2 is 1.43 bits per heavy atom. The van der Waals surface area contributed by atoms with Crippen molar-refractivity contribution in [2.24, 2.45) is 0 Å². The van der Waals surface area contributed by atoms with E-state index in [2.05, 4.69) is 5.32 Å². The van der Waals surface area contributed by atoms with Crippen molar-refractivity contribution in [2.45, 2.75) is 26.1 Å². The Hall–Kier alpha value is -3.49. The lowest BCUT2D eigenvalue weighted by atomic mass is 10.0. The zero-order chi connectivity index (χ0) is 25.4. The fourth-order valence-corrected chi connectivity index (χ4v) is 3.95. The summed E-state index contributed by atoms with van der Waals surface area (Å²) in [5, 5.41) is 2.96. The van der Waals surface area contributed by atoms with Gasteiger partial charge in [0, 0.05) is 20.1 Å². The number of amides is 2. The van der Waals surface area contributed by atoms with Gasteiger partial charge in [-0.3, -0.25) is 9.59 Å². The minimum atomic E-state index is -3.58. The smallest absolute Gasteiger partial charge is 0.247 e. The highest BCUT2D eigenvalue weighted by atomic mass is 32.2. The van der Waals surface area contributed by atoms with Crippen molar-refractivity contribution in [3.8, 4) is 0 Å². The summed E-state index contributed by atoms with van der Waals surface area (Å²) in [5.41, 5.74) is 3.53. The molecule has 3 aromatic rings. The molecule has 1 atom stereocenters. The number of sulfonamides is 1. The van der Waals surface area contributed by atoms with Crippen LogP contribution in [0.4, 0.5) is 0 Å². The van der Waals surface area contributed by atoms with Gasteiger partial charge in [0.1, 0.15) is 6.04 Å². The van der Waals surface area contributed by atoms with Gasteiger partial charge in [-0.2, -0.15) is 4.31 Å². The minimum Gasteiger partial charge on any atom is -0.350 e. The average molecular weight is 494 g/mol. The van der Waals surface area contributed by atoms with E-state index >= 15 is 0 Å². The Morgan fingerprint density at radius 3 is 2.00 bits per heavy atom. The molecular formula is C27H31N3O4S. The quantitative estimate of drug-likeness (QED) is 0.470. The van der Waals surface area contributed by atoms with Crippen molar-refractivity contribution < 1.29 is 18.0 Å². The molecular weight excluding hydrogens is 462 g/mol. The number of benzene rings is 3. The molecule has 0 bridgehead atoms. The first-order valence-corrected chi connectivity index (χ1v) is 13.1. The third kappa shape index (κ3) is 7.50. The molecule has 1 N–H and O–H groups in total. The highest BCUT2D eigenvalue weighted by Crippen LogP contribution is 2.24. The third-order valence-electron chi connectivity index (χ3n) is 5.70. The molecule has 0 unspecified atom stereocenters. The van der Waals surface area contributed by atoms with Gasteiger partial charge in [0.25, 0.3) is 0 Å². The Balaban J connectivity index is 1.95. The monoisotopic (exact) mass is 493 g/mol. The van der Waals surface area contributed by atoms with Crippen LogP contribution in [0.3, 0.4) is 0 Å². The van der Waals surface area contributed by atoms with E-state index in [1.807, 2.05) is 79.7 Å². The summed E-state index contributed by atoms with van der Waals surface area (Å²) in [6.07, 6.45) is 1.05. The molecule has 2 amide bonds. The highest BCUT2D eigenvalue weighted by Gasteiger charge is 2.32. The fraction of sp³-hybridized carbons (Fsp3) is 0.259. The van der Waals surface area contributed by atoms with Crippen LogP contribution in [0, 0.1) is 6.92 Å². The van der Waals surface area contributed by atoms with Gasteiger partial charge in [-0.1, -0.05) is 90.5 Å². The summed E-state index contributed by atoms with van der Waals surface area (Å²) in [6, 6.07) is 25.3. The van der Waals surface area contributed by atoms with Crippen LogP contribution < -0.4 is 5.32 Å². The highest BCUT2D eigenvalue weighted by molar-refractivity contribution is 7.88. The SMILES string of the molecule is Cc1ccc(CNC(=O)[C@H](c2ccccc2)N(Cc2ccccc2)C(=O)CN(C)S(C)(=O)=O)cc1. The number of hydrogen-bond donors (Lipinski definition) is 1. The molecule has 8 heteroatoms. The van der Waals surface area contributed by atoms with E-state index < -0.39 is 22.0 Å². The molecule has 0 aliphatic heterocycles. The topological polar surface area (TPSA) is 86.8 Å². The summed E-state index contributed by atoms with van der Waals surface area (Å²) < 4.78 is 24.9. The summed E-state index contributed by atoms with van der Waals surface area (Å²) in [7, 11) is -2.23. The molecule has 0 aliphatic rings. The number of likely N-dealkylation sites (N-methyl/N-ethyl adjacent to an activating group) is 1. The van der Waals surface area contributed by atoms with Crippen LogP contribution in [0.5, 0.6) is 0 Å². The number of nitrogens with one attached hydrogen (secondary N) is 1. The average Bonchev–Trinajstić information content (AvgIpc) is 2.84. The van der Waals surface area contributed by atoms with Crippen LogP contribution in [0.1, 0.15) is 28.3 Å². The molecule has 7 nitrogen and oxygen atoms in total. The van der Waals surface area contributed by atoms with Crippen LogP contribution in [-0.2, 0) is 32.7 Å². The summed E-state index contributed by atoms with van der Waals surface area (Å²) in [4.78, 5) is 28.5. The van der Waals surface area contributed by atoms with Gasteiger partial charge in [0.05, 0.1) is 12.8 Å². The first-order valence-electron chi connectivity index (χ1n) is 11.3. The Labute approximate surface area is 207 Å². The number of carbonyl (C=O) groups excluding carboxylic acids is 2. The van der Waals surface area contributed by atoms with Crippen molar-refractivity contribution in [3.05, 3.63) is 107 Å². The first kappa shape index (κ1) is 26.1. The van der Waals surface area contributed by atoms with Gasteiger partial charge >= 0.3 is 0 Å². The number of nitrogens with zero attached hydrogens (tertiary/aromatic N) is 2. The van der Waals surface area contributed by atoms with Crippen LogP contribution in [0.2, 0.25) is 0 Å². The maximum absolute atomic E-state index is 13.6. The molecule has 3 rings (SSSR count). The first-order chi connectivity index (χ1) is 16.6. The van der Waals surface area contributed by atoms with Crippen molar-refractivity contribution in [1.82, 2.24) is 14.5 Å². The van der Waals surface area contributed by atoms with Crippen LogP contribution in [-0.4, -0.2) is 49.3 Å². The molecule has 0 saturated heterocycles. The molecule has 0 radical (unpaired) electrons. The third-order valence-corrected chi connectivity index (χ3v) is 6.96. The molecule has 0 spiro atoms. The maximum atomic E-state index is 13.6. The standard InChI is InChI=1S/C27H31N3O4S/c1-21-14-16-22(17-15-21)18-28-27(32)26(24-12-8-5-9-13-24)30(19-23-10-6-4-7-11-23)25(31)20-29(2)35(3,33)34/h4-17,26H,18-20H2,1-3H3,(H,28,32)/t26-/m0/s1. The summed E-state index contributed by atoms with van der Waals surface area (Å²) >= 11 is 0. The second kappa shape index (κ2) is 11.8. The number of carbonyl (C=O) groups is 2. The minimum absolute atomic E-state index is 0.148. The maximum Gasteiger partial charge on any atom is 0.247 e. The lowest BCUT2D eigenvalue weighted by Crippen LogP contribution is -2.47. The molecule has 184 valence electrons. The lowest BCUT2D eigenvalue weighted by Gasteiger charge is -2.32. The Kier molecular flexibility index (Phi) is 8.78. The fourth-order valence-electron chi connectivity index (χ4n) is 3.60. The molecule has 3 aromatic carbocycles. The van der Waals surface area contributed by atoms with Gasteiger partial charge in [-0.15, -0.1) is 0 Å². The zero-order valence-corrected chi connectivity index (χ0v) is 21.0. The van der Waals surface area contributed by atoms with E-state index in [0.717, 1.165) is 27.3 Å². The molecule has 35 heavy (non-hydrogen) atoms. The van der Waals surface area contributed by atoms with Crippen molar-refractivity contribution in [1.29, 1.82) is 0 Å². The van der Waals surface area contributed by atoms with Crippen molar-refractivity contribution >= 4 is 21.8 Å². The van der Waals surface area contributed by atoms with E-state index in [1.54, 1.807) is 12.1 Å². The normalized spacial score (nSPS) is 12.2. The van der Waals surface area contributed by atoms with Gasteiger partial charge in [0.15, 0.2) is 0 Å². The summed E-state index contributed by atoms with van der Waals surface area (Å²) in [6.45, 7) is 2.07. The van der Waals surface area contributed by atoms with Crippen LogP contribution in [0.25, 0.3) is 0 Å². The molecule has 0 heterocycles. The molecule has 0 fully saturated rings. The Bertz CT molecular complexity index is 1230. The van der Waals surface area contributed by atoms with Crippen molar-refractivity contribution in [3.63, 3.8) is 0 Å². The predicted molar refractivity (Wildman–Crippen MR) is 137 cm³/mol. The number of hydrogen-bond acceptors (Lipinski definition) is 4. The van der Waals surface area contributed by atoms with Crippen LogP contribution >= 0.6 is 0 Å². The van der Waals surface area contributed by atoms with E-state index in [-0.39, 0.29) is 19.0 Å². The van der Waals surface area contributed by atoms with Gasteiger partial charge in [-0.05, 0) is 23.6 Å². The van der Waals surface area contributed by atoms with Gasteiger partial charge in [0.2, 0.25) is 21.8 Å². The second-order valence-corrected chi connectivity index (χ2v) is 10.6. The van der Waals surface area contributed by atoms with Gasteiger partial charge < -0.3 is 10.2 Å². The molecule has 0 aromatic heterocycles. The number of rotatable bonds is 10. The zero-order valence-electron chi connectivity index (χ0n) is 20.2. The lowest BCUT2D eigenvalue weighted by molar-refractivity contribution is -0.141. The Morgan fingerprint density at radius 1 is 0.857 bits per heavy atom. The molecule has 0 aliphatic carbocycles. The van der Waals surface area contributed by atoms with E-state index in [1.165, 1.54) is 11.9 Å². The summed E-state index contributed by atoms with van der Waals surface area (Å²) in [5.74, 6) is -0.816. The second-order valence-electron chi connectivity index (χ2n) is 8.54. The van der Waals surface area contributed by atoms with Crippen LogP contribution in [0.15, 0.2) is 84.9 Å². The molecule has 0 saturated carbocycles. The van der Waals surface area contributed by atoms with E-state index in [4.69, 9.17) is 0 Å². The predicted octanol–water partition coefficient (Wildman–Crippen LogP) is 3.27. The van der Waals surface area contributed by atoms with E-state index in [9.17, 15) is 18.0 Å². The van der Waals surface area contributed by atoms with E-state index in [0.29, 0.717) is 12.1 Å². The largest absolute Gasteiger partial charge is 0.350 e.